The van der Waals surface area contributed by atoms with Gasteiger partial charge in [-0.05, 0) is 40.2 Å². The highest BCUT2D eigenvalue weighted by molar-refractivity contribution is 9.10. The highest BCUT2D eigenvalue weighted by Gasteiger charge is 2.22. The van der Waals surface area contributed by atoms with Gasteiger partial charge < -0.3 is 11.1 Å². The second-order valence-electron chi connectivity index (χ2n) is 4.59. The lowest BCUT2D eigenvalue weighted by molar-refractivity contribution is 0.0918. The molecule has 0 bridgehead atoms. The van der Waals surface area contributed by atoms with Crippen molar-refractivity contribution in [2.24, 2.45) is 5.73 Å². The molecule has 1 amide bonds. The molecule has 1 saturated heterocycles. The molecule has 2 heterocycles. The number of amides is 1. The number of nitrogens with two attached hydrogens (primary N) is 1. The molecule has 2 rings (SSSR count). The number of halogens is 1. The molecule has 1 aromatic heterocycles. The minimum Gasteiger partial charge on any atom is -0.392 e. The average molecular weight is 362 g/mol. The summed E-state index contributed by atoms with van der Waals surface area (Å²) < 4.78 is 0.862. The maximum absolute atomic E-state index is 12.1. The second-order valence-corrected chi connectivity index (χ2v) is 6.88. The number of thiocarbonyl (C=S) groups is 1. The molecule has 1 fully saturated rings. The van der Waals surface area contributed by atoms with Crippen molar-refractivity contribution in [1.82, 2.24) is 10.2 Å². The Morgan fingerprint density at radius 1 is 1.58 bits per heavy atom. The van der Waals surface area contributed by atoms with Crippen molar-refractivity contribution in [3.8, 4) is 0 Å². The smallest absolute Gasteiger partial charge is 0.262 e. The number of likely N-dealkylation sites (tertiary alicyclic amines) is 1. The molecule has 0 aliphatic carbocycles. The van der Waals surface area contributed by atoms with E-state index in [0.717, 1.165) is 35.3 Å². The van der Waals surface area contributed by atoms with E-state index in [0.29, 0.717) is 11.5 Å². The van der Waals surface area contributed by atoms with Crippen molar-refractivity contribution in [2.45, 2.75) is 18.9 Å². The molecule has 0 unspecified atom stereocenters. The number of rotatable bonds is 4. The lowest BCUT2D eigenvalue weighted by atomic mass is 10.0. The number of hydrogen-bond acceptors (Lipinski definition) is 4. The lowest BCUT2D eigenvalue weighted by Gasteiger charge is -2.31. The van der Waals surface area contributed by atoms with E-state index < -0.39 is 0 Å². The van der Waals surface area contributed by atoms with Crippen LogP contribution in [0.5, 0.6) is 0 Å². The van der Waals surface area contributed by atoms with Gasteiger partial charge in [0.05, 0.1) is 4.99 Å². The second kappa shape index (κ2) is 6.78. The fourth-order valence-electron chi connectivity index (χ4n) is 2.16. The molecule has 0 atom stereocenters. The number of thiophene rings is 1. The maximum atomic E-state index is 12.1. The van der Waals surface area contributed by atoms with Crippen LogP contribution in [0, 0.1) is 0 Å². The highest BCUT2D eigenvalue weighted by atomic mass is 79.9. The topological polar surface area (TPSA) is 58.4 Å². The Kier molecular flexibility index (Phi) is 5.32. The number of carbonyl (C=O) groups is 1. The third kappa shape index (κ3) is 4.24. The summed E-state index contributed by atoms with van der Waals surface area (Å²) >= 11 is 9.74. The first-order chi connectivity index (χ1) is 9.06. The van der Waals surface area contributed by atoms with Gasteiger partial charge in [0.2, 0.25) is 0 Å². The number of carbonyl (C=O) groups excluding carboxylic acids is 1. The van der Waals surface area contributed by atoms with Crippen molar-refractivity contribution in [3.05, 3.63) is 20.8 Å². The van der Waals surface area contributed by atoms with Crippen molar-refractivity contribution in [3.63, 3.8) is 0 Å². The molecule has 0 saturated carbocycles. The van der Waals surface area contributed by atoms with Crippen LogP contribution >= 0.6 is 39.5 Å². The zero-order valence-corrected chi connectivity index (χ0v) is 13.6. The third-order valence-corrected chi connectivity index (χ3v) is 5.09. The fourth-order valence-corrected chi connectivity index (χ4v) is 3.80. The lowest BCUT2D eigenvalue weighted by Crippen LogP contribution is -2.46. The molecular formula is C12H16BrN3OS2. The molecule has 19 heavy (non-hydrogen) atoms. The third-order valence-electron chi connectivity index (χ3n) is 3.13. The average Bonchev–Trinajstić information content (AvgIpc) is 2.77. The van der Waals surface area contributed by atoms with Gasteiger partial charge in [0.15, 0.2) is 0 Å². The van der Waals surface area contributed by atoms with Gasteiger partial charge in [-0.2, -0.15) is 0 Å². The van der Waals surface area contributed by atoms with Gasteiger partial charge in [-0.25, -0.2) is 0 Å². The van der Waals surface area contributed by atoms with Crippen LogP contribution in [-0.4, -0.2) is 41.5 Å². The number of hydrogen-bond donors (Lipinski definition) is 2. The maximum Gasteiger partial charge on any atom is 0.262 e. The van der Waals surface area contributed by atoms with Crippen molar-refractivity contribution in [2.75, 3.05) is 19.6 Å². The van der Waals surface area contributed by atoms with Gasteiger partial charge in [-0.3, -0.25) is 9.69 Å². The Hall–Kier alpha value is -0.500. The first-order valence-electron chi connectivity index (χ1n) is 6.11. The van der Waals surface area contributed by atoms with E-state index in [1.165, 1.54) is 11.3 Å². The van der Waals surface area contributed by atoms with E-state index in [-0.39, 0.29) is 11.9 Å². The summed E-state index contributed by atoms with van der Waals surface area (Å²) in [6.07, 6.45) is 1.88. The molecule has 0 aromatic carbocycles. The predicted molar refractivity (Wildman–Crippen MR) is 85.7 cm³/mol. The van der Waals surface area contributed by atoms with Crippen molar-refractivity contribution < 1.29 is 4.79 Å². The SMILES string of the molecule is NC(=S)CN1CCC(NC(=O)c2sccc2Br)CC1. The Balaban J connectivity index is 1.81. The van der Waals surface area contributed by atoms with E-state index in [4.69, 9.17) is 18.0 Å². The fraction of sp³-hybridized carbons (Fsp3) is 0.500. The van der Waals surface area contributed by atoms with Crippen LogP contribution in [0.25, 0.3) is 0 Å². The van der Waals surface area contributed by atoms with Crippen LogP contribution < -0.4 is 11.1 Å². The van der Waals surface area contributed by atoms with Crippen LogP contribution in [0.15, 0.2) is 15.9 Å². The minimum atomic E-state index is 0.00895. The van der Waals surface area contributed by atoms with Gasteiger partial charge in [0.1, 0.15) is 4.88 Å². The van der Waals surface area contributed by atoms with Crippen LogP contribution in [0.3, 0.4) is 0 Å². The molecule has 3 N–H and O–H groups in total. The van der Waals surface area contributed by atoms with Gasteiger partial charge in [0.25, 0.3) is 5.91 Å². The number of nitrogens with zero attached hydrogens (tertiary/aromatic N) is 1. The van der Waals surface area contributed by atoms with Crippen LogP contribution in [0.1, 0.15) is 22.5 Å². The van der Waals surface area contributed by atoms with E-state index in [1.807, 2.05) is 11.4 Å². The largest absolute Gasteiger partial charge is 0.392 e. The number of piperidine rings is 1. The summed E-state index contributed by atoms with van der Waals surface area (Å²) in [5.74, 6) is 0.00895. The molecule has 7 heteroatoms. The molecule has 104 valence electrons. The van der Waals surface area contributed by atoms with Crippen LogP contribution in [-0.2, 0) is 0 Å². The zero-order chi connectivity index (χ0) is 13.8. The van der Waals surface area contributed by atoms with Gasteiger partial charge in [0, 0.05) is 30.1 Å². The minimum absolute atomic E-state index is 0.00895. The quantitative estimate of drug-likeness (QED) is 0.805. The molecule has 1 aliphatic heterocycles. The van der Waals surface area contributed by atoms with Gasteiger partial charge in [-0.15, -0.1) is 11.3 Å². The standard InChI is InChI=1S/C12H16BrN3OS2/c13-9-3-6-19-11(9)12(17)15-8-1-4-16(5-2-8)7-10(14)18/h3,6,8H,1-2,4-5,7H2,(H2,14,18)(H,15,17). The molecule has 0 spiro atoms. The Morgan fingerprint density at radius 2 is 2.26 bits per heavy atom. The Bertz CT molecular complexity index is 469. The normalized spacial score (nSPS) is 17.3. The monoisotopic (exact) mass is 361 g/mol. The van der Waals surface area contributed by atoms with Crippen molar-refractivity contribution in [1.29, 1.82) is 0 Å². The molecule has 1 aliphatic rings. The van der Waals surface area contributed by atoms with E-state index in [1.54, 1.807) is 0 Å². The summed E-state index contributed by atoms with van der Waals surface area (Å²) in [5.41, 5.74) is 5.54. The molecule has 0 radical (unpaired) electrons. The summed E-state index contributed by atoms with van der Waals surface area (Å²) in [5, 5.41) is 4.99. The highest BCUT2D eigenvalue weighted by Crippen LogP contribution is 2.23. The van der Waals surface area contributed by atoms with E-state index >= 15 is 0 Å². The van der Waals surface area contributed by atoms with Crippen LogP contribution in [0.4, 0.5) is 0 Å². The number of nitrogens with one attached hydrogen (secondary N) is 1. The Labute approximate surface area is 130 Å². The van der Waals surface area contributed by atoms with Gasteiger partial charge >= 0.3 is 0 Å². The first-order valence-corrected chi connectivity index (χ1v) is 8.19. The summed E-state index contributed by atoms with van der Waals surface area (Å²) in [4.78, 5) is 15.6. The van der Waals surface area contributed by atoms with E-state index in [2.05, 4.69) is 26.1 Å². The van der Waals surface area contributed by atoms with Crippen molar-refractivity contribution >= 4 is 50.4 Å². The van der Waals surface area contributed by atoms with Gasteiger partial charge in [-0.1, -0.05) is 12.2 Å². The first kappa shape index (κ1) is 14.9. The molecule has 1 aromatic rings. The summed E-state index contributed by atoms with van der Waals surface area (Å²) in [6, 6.07) is 2.13. The molecular weight excluding hydrogens is 346 g/mol. The molecule has 4 nitrogen and oxygen atoms in total. The van der Waals surface area contributed by atoms with Crippen LogP contribution in [0.2, 0.25) is 0 Å². The summed E-state index contributed by atoms with van der Waals surface area (Å²) in [7, 11) is 0. The Morgan fingerprint density at radius 3 is 2.79 bits per heavy atom. The zero-order valence-electron chi connectivity index (χ0n) is 10.4. The van der Waals surface area contributed by atoms with E-state index in [9.17, 15) is 4.79 Å². The summed E-state index contributed by atoms with van der Waals surface area (Å²) in [6.45, 7) is 2.52. The predicted octanol–water partition coefficient (Wildman–Crippen LogP) is 1.99.